The monoisotopic (exact) mass is 904 g/mol. The summed E-state index contributed by atoms with van der Waals surface area (Å²) in [4.78, 5) is 0. The largest absolute Gasteiger partial charge is 0.309 e. The van der Waals surface area contributed by atoms with E-state index in [2.05, 4.69) is 283 Å². The van der Waals surface area contributed by atoms with Crippen LogP contribution in [-0.2, 0) is 5.41 Å². The van der Waals surface area contributed by atoms with Crippen molar-refractivity contribution >= 4 is 75.9 Å². The van der Waals surface area contributed by atoms with Crippen molar-refractivity contribution in [3.63, 3.8) is 0 Å². The highest BCUT2D eigenvalue weighted by atomic mass is 15.0. The van der Waals surface area contributed by atoms with Gasteiger partial charge in [0, 0.05) is 32.9 Å². The Labute approximate surface area is 412 Å². The molecule has 0 radical (unpaired) electrons. The van der Waals surface area contributed by atoms with Gasteiger partial charge in [-0.1, -0.05) is 213 Å². The standard InChI is InChI=1S/C69H48N2/c1-46(47-20-5-2-6-21-47)69(50-22-7-3-8-23-50,51-24-9-4-10-25-51)52-26-19-27-53(44-52)70-65-34-17-15-32-60(65)63-42-48(36-40-67(63)70)49-37-41-68-64(43-49)61-33-16-18-35-66(61)71(68)54-38-39-59-57-30-12-11-28-55(57)56-29-13-14-31-58(56)62(59)45-54/h2-46H,1H3. The van der Waals surface area contributed by atoms with Crippen LogP contribution in [0.1, 0.15) is 35.1 Å². The molecule has 0 saturated heterocycles. The quantitative estimate of drug-likeness (QED) is 0.106. The van der Waals surface area contributed by atoms with Crippen molar-refractivity contribution in [1.29, 1.82) is 0 Å². The molecular weight excluding hydrogens is 857 g/mol. The number of hydrogen-bond donors (Lipinski definition) is 0. The zero-order chi connectivity index (χ0) is 47.0. The molecule has 0 aliphatic heterocycles. The molecule has 334 valence electrons. The van der Waals surface area contributed by atoms with Crippen LogP contribution >= 0.6 is 0 Å². The zero-order valence-corrected chi connectivity index (χ0v) is 39.4. The van der Waals surface area contributed by atoms with E-state index < -0.39 is 5.41 Å². The molecule has 0 saturated carbocycles. The number of hydrogen-bond acceptors (Lipinski definition) is 0. The molecular formula is C69H48N2. The van der Waals surface area contributed by atoms with Gasteiger partial charge in [0.1, 0.15) is 0 Å². The lowest BCUT2D eigenvalue weighted by Crippen LogP contribution is -2.35. The van der Waals surface area contributed by atoms with Crippen LogP contribution < -0.4 is 0 Å². The van der Waals surface area contributed by atoms with Crippen LogP contribution in [0, 0.1) is 0 Å². The van der Waals surface area contributed by atoms with Gasteiger partial charge < -0.3 is 9.13 Å². The van der Waals surface area contributed by atoms with Crippen molar-refractivity contribution in [1.82, 2.24) is 9.13 Å². The SMILES string of the molecule is CC(c1ccccc1)C(c1ccccc1)(c1ccccc1)c1cccc(-n2c3ccccc3c3cc(-c4ccc5c(c4)c4ccccc4n5-c4ccc5c6ccccc6c6ccccc6c5c4)ccc32)c1. The summed E-state index contributed by atoms with van der Waals surface area (Å²) in [5.41, 5.74) is 14.1. The van der Waals surface area contributed by atoms with Crippen molar-refractivity contribution in [3.05, 3.63) is 289 Å². The van der Waals surface area contributed by atoms with Crippen LogP contribution in [0.15, 0.2) is 267 Å². The highest BCUT2D eigenvalue weighted by molar-refractivity contribution is 6.25. The summed E-state index contributed by atoms with van der Waals surface area (Å²) in [5.74, 6) is 0.115. The van der Waals surface area contributed by atoms with Gasteiger partial charge in [-0.05, 0) is 132 Å². The summed E-state index contributed by atoms with van der Waals surface area (Å²) in [6, 6.07) is 99.1. The maximum Gasteiger partial charge on any atom is 0.0541 e. The molecule has 2 heteroatoms. The molecule has 2 heterocycles. The van der Waals surface area contributed by atoms with E-state index in [9.17, 15) is 0 Å². The summed E-state index contributed by atoms with van der Waals surface area (Å²) in [6.07, 6.45) is 0. The van der Waals surface area contributed by atoms with Gasteiger partial charge in [-0.15, -0.1) is 0 Å². The summed E-state index contributed by atoms with van der Waals surface area (Å²) in [6.45, 7) is 2.39. The Bertz CT molecular complexity index is 4280. The molecule has 0 fully saturated rings. The van der Waals surface area contributed by atoms with Gasteiger partial charge in [0.2, 0.25) is 0 Å². The Kier molecular flexibility index (Phi) is 9.44. The summed E-state index contributed by atoms with van der Waals surface area (Å²) in [5, 5.41) is 12.6. The third-order valence-corrected chi connectivity index (χ3v) is 15.6. The molecule has 2 aromatic heterocycles. The maximum absolute atomic E-state index is 2.47. The molecule has 1 atom stereocenters. The fraction of sp³-hybridized carbons (Fsp3) is 0.0435. The van der Waals surface area contributed by atoms with Crippen LogP contribution in [0.5, 0.6) is 0 Å². The fourth-order valence-corrected chi connectivity index (χ4v) is 12.4. The Morgan fingerprint density at radius 3 is 1.18 bits per heavy atom. The molecule has 2 nitrogen and oxygen atoms in total. The van der Waals surface area contributed by atoms with Crippen LogP contribution in [0.25, 0.3) is 98.4 Å². The van der Waals surface area contributed by atoms with Crippen molar-refractivity contribution in [2.45, 2.75) is 18.3 Å². The Morgan fingerprint density at radius 2 is 0.662 bits per heavy atom. The molecule has 0 aliphatic carbocycles. The summed E-state index contributed by atoms with van der Waals surface area (Å²) >= 11 is 0. The number of fused-ring (bicyclic) bond motifs is 12. The van der Waals surface area contributed by atoms with Gasteiger partial charge in [-0.2, -0.15) is 0 Å². The maximum atomic E-state index is 2.47. The molecule has 0 spiro atoms. The molecule has 14 aromatic rings. The van der Waals surface area contributed by atoms with E-state index in [0.29, 0.717) is 0 Å². The second-order valence-corrected chi connectivity index (χ2v) is 19.2. The predicted octanol–water partition coefficient (Wildman–Crippen LogP) is 18.1. The molecule has 12 aromatic carbocycles. The topological polar surface area (TPSA) is 9.86 Å². The first-order valence-electron chi connectivity index (χ1n) is 24.8. The van der Waals surface area contributed by atoms with Gasteiger partial charge in [-0.3, -0.25) is 0 Å². The van der Waals surface area contributed by atoms with E-state index in [1.807, 2.05) is 0 Å². The zero-order valence-electron chi connectivity index (χ0n) is 39.4. The number of benzene rings is 12. The molecule has 14 rings (SSSR count). The van der Waals surface area contributed by atoms with Crippen molar-refractivity contribution in [2.24, 2.45) is 0 Å². The fourth-order valence-electron chi connectivity index (χ4n) is 12.4. The molecule has 71 heavy (non-hydrogen) atoms. The summed E-state index contributed by atoms with van der Waals surface area (Å²) < 4.78 is 4.92. The van der Waals surface area contributed by atoms with Gasteiger partial charge in [-0.25, -0.2) is 0 Å². The first-order valence-corrected chi connectivity index (χ1v) is 24.8. The lowest BCUT2D eigenvalue weighted by molar-refractivity contribution is 0.511. The Morgan fingerprint density at radius 1 is 0.268 bits per heavy atom. The molecule has 0 amide bonds. The lowest BCUT2D eigenvalue weighted by atomic mass is 9.60. The smallest absolute Gasteiger partial charge is 0.0541 e. The second kappa shape index (κ2) is 16.3. The minimum absolute atomic E-state index is 0.115. The minimum Gasteiger partial charge on any atom is -0.309 e. The van der Waals surface area contributed by atoms with Crippen LogP contribution in [0.3, 0.4) is 0 Å². The Hall–Kier alpha value is -8.98. The highest BCUT2D eigenvalue weighted by Gasteiger charge is 2.42. The number of aromatic nitrogens is 2. The van der Waals surface area contributed by atoms with E-state index >= 15 is 0 Å². The molecule has 0 N–H and O–H groups in total. The van der Waals surface area contributed by atoms with E-state index in [-0.39, 0.29) is 5.92 Å². The van der Waals surface area contributed by atoms with Gasteiger partial charge in [0.25, 0.3) is 0 Å². The second-order valence-electron chi connectivity index (χ2n) is 19.2. The molecule has 0 bridgehead atoms. The first kappa shape index (κ1) is 41.0. The van der Waals surface area contributed by atoms with E-state index in [4.69, 9.17) is 0 Å². The van der Waals surface area contributed by atoms with E-state index in [1.54, 1.807) is 0 Å². The molecule has 1 unspecified atom stereocenters. The van der Waals surface area contributed by atoms with Gasteiger partial charge in [0.05, 0.1) is 27.5 Å². The third kappa shape index (κ3) is 6.28. The van der Waals surface area contributed by atoms with Crippen LogP contribution in [0.2, 0.25) is 0 Å². The number of nitrogens with zero attached hydrogens (tertiary/aromatic N) is 2. The highest BCUT2D eigenvalue weighted by Crippen LogP contribution is 2.50. The summed E-state index contributed by atoms with van der Waals surface area (Å²) in [7, 11) is 0. The number of rotatable bonds is 8. The molecule has 0 aliphatic rings. The third-order valence-electron chi connectivity index (χ3n) is 15.6. The van der Waals surface area contributed by atoms with Crippen LogP contribution in [-0.4, -0.2) is 9.13 Å². The Balaban J connectivity index is 0.921. The van der Waals surface area contributed by atoms with Crippen molar-refractivity contribution in [2.75, 3.05) is 0 Å². The van der Waals surface area contributed by atoms with Gasteiger partial charge in [0.15, 0.2) is 0 Å². The lowest BCUT2D eigenvalue weighted by Gasteiger charge is -2.42. The van der Waals surface area contributed by atoms with E-state index in [0.717, 1.165) is 11.4 Å². The predicted molar refractivity (Wildman–Crippen MR) is 301 cm³/mol. The normalized spacial score (nSPS) is 12.5. The average Bonchev–Trinajstić information content (AvgIpc) is 3.96. The van der Waals surface area contributed by atoms with Crippen LogP contribution in [0.4, 0.5) is 0 Å². The van der Waals surface area contributed by atoms with Gasteiger partial charge >= 0.3 is 0 Å². The van der Waals surface area contributed by atoms with E-state index in [1.165, 1.54) is 109 Å². The van der Waals surface area contributed by atoms with Crippen molar-refractivity contribution in [3.8, 4) is 22.5 Å². The number of para-hydroxylation sites is 2. The minimum atomic E-state index is -0.481. The van der Waals surface area contributed by atoms with Crippen molar-refractivity contribution < 1.29 is 0 Å². The average molecular weight is 905 g/mol. The first-order chi connectivity index (χ1) is 35.1.